The first-order chi connectivity index (χ1) is 14.4. The number of hydrogen-bond donors (Lipinski definition) is 2. The number of urea groups is 1. The molecule has 0 radical (unpaired) electrons. The fraction of sp³-hybridized carbons (Fsp3) is 0.200. The lowest BCUT2D eigenvalue weighted by Gasteiger charge is -2.12. The van der Waals surface area contributed by atoms with Crippen molar-refractivity contribution in [3.63, 3.8) is 0 Å². The molecule has 168 valence electrons. The van der Waals surface area contributed by atoms with E-state index in [-0.39, 0.29) is 11.0 Å². The minimum Gasteiger partial charge on any atom is -0.481 e. The largest absolute Gasteiger partial charge is 0.481 e. The summed E-state index contributed by atoms with van der Waals surface area (Å²) in [5.41, 5.74) is -0.625. The number of nitrogens with one attached hydrogen (secondary N) is 2. The molecule has 1 heterocycles. The number of methoxy groups -OCH3 is 1. The van der Waals surface area contributed by atoms with Crippen molar-refractivity contribution in [2.45, 2.75) is 6.18 Å². The zero-order chi connectivity index (χ0) is 23.2. The van der Waals surface area contributed by atoms with Gasteiger partial charge in [-0.15, -0.1) is 0 Å². The average Bonchev–Trinajstić information content (AvgIpc) is 2.64. The highest BCUT2D eigenvalue weighted by molar-refractivity contribution is 7.85. The van der Waals surface area contributed by atoms with Gasteiger partial charge < -0.3 is 13.7 Å². The van der Waals surface area contributed by atoms with E-state index in [1.807, 2.05) is 5.32 Å². The van der Waals surface area contributed by atoms with Gasteiger partial charge in [-0.25, -0.2) is 19.3 Å². The van der Waals surface area contributed by atoms with E-state index in [4.69, 9.17) is 16.3 Å². The van der Waals surface area contributed by atoms with Crippen LogP contribution in [0.3, 0.4) is 0 Å². The van der Waals surface area contributed by atoms with Crippen LogP contribution >= 0.6 is 11.6 Å². The Morgan fingerprint density at radius 1 is 1.19 bits per heavy atom. The fourth-order valence-corrected chi connectivity index (χ4v) is 2.75. The van der Waals surface area contributed by atoms with Crippen molar-refractivity contribution >= 4 is 39.9 Å². The Hall–Kier alpha value is -3.33. The fourth-order valence-electron chi connectivity index (χ4n) is 1.87. The third-order valence-electron chi connectivity index (χ3n) is 3.00. The van der Waals surface area contributed by atoms with Crippen molar-refractivity contribution in [3.05, 3.63) is 41.0 Å². The summed E-state index contributed by atoms with van der Waals surface area (Å²) in [5, 5.41) is 1.84. The maximum absolute atomic E-state index is 12.2. The van der Waals surface area contributed by atoms with Gasteiger partial charge in [-0.05, 0) is 12.1 Å². The van der Waals surface area contributed by atoms with Gasteiger partial charge in [0.05, 0.1) is 7.11 Å². The molecule has 0 unspecified atom stereocenters. The molecule has 0 aliphatic carbocycles. The molecule has 0 atom stereocenters. The number of rotatable bonds is 7. The van der Waals surface area contributed by atoms with E-state index >= 15 is 0 Å². The number of nitrogens with zero attached hydrogens (tertiary/aromatic N) is 2. The predicted molar refractivity (Wildman–Crippen MR) is 98.1 cm³/mol. The SMILES string of the molecule is COc1cc(Cl)nc(NC(=O)NS(=O)(=O)Oc2ccccc2C(=O)OCC(F)(F)F)n1. The number of carbonyl (C=O) groups is 2. The molecule has 2 rings (SSSR count). The summed E-state index contributed by atoms with van der Waals surface area (Å²) in [6, 6.07) is 4.24. The number of anilines is 1. The van der Waals surface area contributed by atoms with E-state index < -0.39 is 52.3 Å². The van der Waals surface area contributed by atoms with Crippen LogP contribution in [0.5, 0.6) is 11.6 Å². The summed E-state index contributed by atoms with van der Waals surface area (Å²) in [6.07, 6.45) is -4.79. The van der Waals surface area contributed by atoms with E-state index in [0.717, 1.165) is 12.1 Å². The summed E-state index contributed by atoms with van der Waals surface area (Å²) < 4.78 is 75.7. The van der Waals surface area contributed by atoms with Crippen molar-refractivity contribution < 1.29 is 44.8 Å². The lowest BCUT2D eigenvalue weighted by molar-refractivity contribution is -0.161. The molecule has 0 saturated carbocycles. The highest BCUT2D eigenvalue weighted by atomic mass is 35.5. The first kappa shape index (κ1) is 23.9. The summed E-state index contributed by atoms with van der Waals surface area (Å²) in [5.74, 6) is -2.61. The highest BCUT2D eigenvalue weighted by Crippen LogP contribution is 2.22. The number of para-hydroxylation sites is 1. The minimum absolute atomic E-state index is 0.0271. The van der Waals surface area contributed by atoms with Gasteiger partial charge >= 0.3 is 28.5 Å². The Kier molecular flexibility index (Phi) is 7.46. The first-order valence-corrected chi connectivity index (χ1v) is 9.62. The van der Waals surface area contributed by atoms with Gasteiger partial charge in [0.25, 0.3) is 0 Å². The van der Waals surface area contributed by atoms with Crippen LogP contribution < -0.4 is 19.0 Å². The van der Waals surface area contributed by atoms with Gasteiger partial charge in [0, 0.05) is 6.07 Å². The Morgan fingerprint density at radius 3 is 2.52 bits per heavy atom. The summed E-state index contributed by atoms with van der Waals surface area (Å²) in [6.45, 7) is -1.89. The van der Waals surface area contributed by atoms with Crippen molar-refractivity contribution in [1.82, 2.24) is 14.7 Å². The van der Waals surface area contributed by atoms with Crippen LogP contribution in [0.4, 0.5) is 23.9 Å². The number of carbonyl (C=O) groups excluding carboxylic acids is 2. The van der Waals surface area contributed by atoms with Gasteiger partial charge in [0.1, 0.15) is 10.7 Å². The van der Waals surface area contributed by atoms with Crippen molar-refractivity contribution in [2.75, 3.05) is 19.0 Å². The van der Waals surface area contributed by atoms with Crippen molar-refractivity contribution in [1.29, 1.82) is 0 Å². The van der Waals surface area contributed by atoms with Crippen LogP contribution in [0.15, 0.2) is 30.3 Å². The molecule has 1 aromatic heterocycles. The Labute approximate surface area is 177 Å². The third-order valence-corrected chi connectivity index (χ3v) is 4.02. The standard InChI is InChI=1S/C15H12ClF3N4O7S/c1-28-11-6-10(16)20-13(21-11)22-14(25)23-31(26,27)30-9-5-3-2-4-8(9)12(24)29-7-15(17,18)19/h2-6H,7H2,1H3,(H2,20,21,22,23,25). The number of alkyl halides is 3. The highest BCUT2D eigenvalue weighted by Gasteiger charge is 2.31. The minimum atomic E-state index is -4.89. The molecule has 0 saturated heterocycles. The second kappa shape index (κ2) is 9.65. The number of aromatic nitrogens is 2. The quantitative estimate of drug-likeness (QED) is 0.446. The third kappa shape index (κ3) is 7.78. The van der Waals surface area contributed by atoms with E-state index in [1.165, 1.54) is 30.0 Å². The molecule has 0 aliphatic heterocycles. The smallest absolute Gasteiger partial charge is 0.422 e. The van der Waals surface area contributed by atoms with Crippen molar-refractivity contribution in [3.8, 4) is 11.6 Å². The molecular formula is C15H12ClF3N4O7S. The van der Waals surface area contributed by atoms with Gasteiger partial charge in [0.15, 0.2) is 12.4 Å². The number of benzene rings is 1. The maximum atomic E-state index is 12.2. The summed E-state index contributed by atoms with van der Waals surface area (Å²) >= 11 is 5.69. The van der Waals surface area contributed by atoms with E-state index in [9.17, 15) is 31.2 Å². The molecule has 11 nitrogen and oxygen atoms in total. The number of halogens is 4. The van der Waals surface area contributed by atoms with Gasteiger partial charge in [-0.1, -0.05) is 23.7 Å². The molecule has 2 aromatic rings. The zero-order valence-corrected chi connectivity index (χ0v) is 16.8. The van der Waals surface area contributed by atoms with Crippen LogP contribution in [0.2, 0.25) is 5.15 Å². The van der Waals surface area contributed by atoms with Crippen LogP contribution in [0.25, 0.3) is 0 Å². The average molecular weight is 485 g/mol. The van der Waals surface area contributed by atoms with E-state index in [0.29, 0.717) is 0 Å². The Morgan fingerprint density at radius 2 is 1.87 bits per heavy atom. The summed E-state index contributed by atoms with van der Waals surface area (Å²) in [7, 11) is -3.63. The van der Waals surface area contributed by atoms with Crippen LogP contribution in [-0.4, -0.2) is 50.3 Å². The predicted octanol–water partition coefficient (Wildman–Crippen LogP) is 2.30. The van der Waals surface area contributed by atoms with Crippen LogP contribution in [0, 0.1) is 0 Å². The number of hydrogen-bond acceptors (Lipinski definition) is 9. The second-order valence-electron chi connectivity index (χ2n) is 5.34. The van der Waals surface area contributed by atoms with Crippen LogP contribution in [0.1, 0.15) is 10.4 Å². The normalized spacial score (nSPS) is 11.4. The monoisotopic (exact) mass is 484 g/mol. The van der Waals surface area contributed by atoms with Crippen LogP contribution in [-0.2, 0) is 15.0 Å². The molecule has 31 heavy (non-hydrogen) atoms. The molecule has 2 amide bonds. The van der Waals surface area contributed by atoms with Crippen molar-refractivity contribution in [2.24, 2.45) is 0 Å². The lowest BCUT2D eigenvalue weighted by atomic mass is 10.2. The maximum Gasteiger partial charge on any atom is 0.422 e. The number of ether oxygens (including phenoxy) is 2. The molecule has 0 bridgehead atoms. The molecule has 1 aromatic carbocycles. The second-order valence-corrected chi connectivity index (χ2v) is 7.00. The molecular weight excluding hydrogens is 473 g/mol. The van der Waals surface area contributed by atoms with Gasteiger partial charge in [0.2, 0.25) is 11.8 Å². The molecule has 2 N–H and O–H groups in total. The molecule has 16 heteroatoms. The molecule has 0 spiro atoms. The first-order valence-electron chi connectivity index (χ1n) is 7.83. The number of amides is 2. The lowest BCUT2D eigenvalue weighted by Crippen LogP contribution is -2.37. The topological polar surface area (TPSA) is 146 Å². The van der Waals surface area contributed by atoms with E-state index in [1.54, 1.807) is 0 Å². The van der Waals surface area contributed by atoms with E-state index in [2.05, 4.69) is 18.9 Å². The molecule has 0 fully saturated rings. The van der Waals surface area contributed by atoms with Gasteiger partial charge in [-0.2, -0.15) is 26.6 Å². The number of esters is 1. The zero-order valence-electron chi connectivity index (χ0n) is 15.3. The van der Waals surface area contributed by atoms with Gasteiger partial charge in [-0.3, -0.25) is 5.32 Å². The Bertz CT molecular complexity index is 1080. The summed E-state index contributed by atoms with van der Waals surface area (Å²) in [4.78, 5) is 31.0. The Balaban J connectivity index is 2.10. The molecule has 0 aliphatic rings.